The number of sulfonamides is 1. The molecule has 0 bridgehead atoms. The summed E-state index contributed by atoms with van der Waals surface area (Å²) in [5.41, 5.74) is 0.924. The van der Waals surface area contributed by atoms with Crippen LogP contribution in [-0.4, -0.2) is 67.1 Å². The fourth-order valence-corrected chi connectivity index (χ4v) is 5.56. The van der Waals surface area contributed by atoms with Crippen LogP contribution in [0.15, 0.2) is 76.8 Å². The predicted octanol–water partition coefficient (Wildman–Crippen LogP) is 3.47. The Morgan fingerprint density at radius 3 is 2.28 bits per heavy atom. The molecule has 1 atom stereocenters. The third kappa shape index (κ3) is 10.4. The van der Waals surface area contributed by atoms with E-state index in [4.69, 9.17) is 0 Å². The summed E-state index contributed by atoms with van der Waals surface area (Å²) in [6.07, 6.45) is 5.14. The Morgan fingerprint density at radius 2 is 1.64 bits per heavy atom. The fraction of sp³-hybridized carbons (Fsp3) is 0.308. The lowest BCUT2D eigenvalue weighted by molar-refractivity contribution is -0.119. The van der Waals surface area contributed by atoms with Gasteiger partial charge in [-0.2, -0.15) is 11.8 Å². The number of amides is 2. The molecule has 0 fully saturated rings. The largest absolute Gasteiger partial charge is 0.383 e. The van der Waals surface area contributed by atoms with Crippen molar-refractivity contribution in [1.82, 2.24) is 20.0 Å². The van der Waals surface area contributed by atoms with Gasteiger partial charge in [-0.05, 0) is 54.8 Å². The Morgan fingerprint density at radius 1 is 0.949 bits per heavy atom. The molecule has 208 valence electrons. The quantitative estimate of drug-likeness (QED) is 0.154. The van der Waals surface area contributed by atoms with E-state index < -0.39 is 15.9 Å². The second-order valence-corrected chi connectivity index (χ2v) is 12.2. The van der Waals surface area contributed by atoms with Gasteiger partial charge in [-0.1, -0.05) is 18.2 Å². The highest BCUT2D eigenvalue weighted by atomic mass is 32.2. The van der Waals surface area contributed by atoms with E-state index in [2.05, 4.69) is 30.6 Å². The van der Waals surface area contributed by atoms with E-state index in [1.807, 2.05) is 36.6 Å². The molecule has 0 radical (unpaired) electrons. The number of benzene rings is 2. The van der Waals surface area contributed by atoms with Crippen LogP contribution in [0.1, 0.15) is 23.7 Å². The topological polar surface area (TPSA) is 142 Å². The van der Waals surface area contributed by atoms with Crippen LogP contribution >= 0.6 is 23.5 Å². The molecule has 2 aromatic carbocycles. The molecule has 0 aliphatic rings. The number of hydrogen-bond donors (Lipinski definition) is 4. The average molecular weight is 589 g/mol. The highest BCUT2D eigenvalue weighted by Crippen LogP contribution is 2.17. The molecular formula is C26H32N6O4S3. The monoisotopic (exact) mass is 588 g/mol. The number of nitrogens with one attached hydrogen (secondary N) is 4. The van der Waals surface area contributed by atoms with Crippen molar-refractivity contribution in [2.24, 2.45) is 0 Å². The van der Waals surface area contributed by atoms with Crippen LogP contribution in [0.5, 0.6) is 0 Å². The summed E-state index contributed by atoms with van der Waals surface area (Å²) in [6.45, 7) is 2.61. The second kappa shape index (κ2) is 15.3. The third-order valence-corrected chi connectivity index (χ3v) is 8.28. The molecular weight excluding hydrogens is 557 g/mol. The number of nitrogens with zero attached hydrogens (tertiary/aromatic N) is 2. The fourth-order valence-electron chi connectivity index (χ4n) is 3.39. The van der Waals surface area contributed by atoms with Crippen molar-refractivity contribution in [1.29, 1.82) is 0 Å². The molecule has 2 amide bonds. The molecule has 1 aromatic heterocycles. The zero-order chi connectivity index (χ0) is 28.1. The Hall–Kier alpha value is -3.29. The summed E-state index contributed by atoms with van der Waals surface area (Å²) in [6, 6.07) is 16.4. The summed E-state index contributed by atoms with van der Waals surface area (Å²) >= 11 is 3.39. The van der Waals surface area contributed by atoms with Crippen molar-refractivity contribution in [3.63, 3.8) is 0 Å². The smallest absolute Gasteiger partial charge is 0.267 e. The average Bonchev–Trinajstić information content (AvgIpc) is 2.93. The molecule has 0 saturated heterocycles. The van der Waals surface area contributed by atoms with Gasteiger partial charge in [-0.25, -0.2) is 23.1 Å². The molecule has 13 heteroatoms. The van der Waals surface area contributed by atoms with Crippen LogP contribution in [0, 0.1) is 0 Å². The van der Waals surface area contributed by atoms with E-state index >= 15 is 0 Å². The minimum Gasteiger partial charge on any atom is -0.383 e. The van der Waals surface area contributed by atoms with Gasteiger partial charge in [0.05, 0.1) is 12.4 Å². The van der Waals surface area contributed by atoms with Crippen molar-refractivity contribution in [2.45, 2.75) is 29.2 Å². The minimum atomic E-state index is -4.15. The van der Waals surface area contributed by atoms with Crippen LogP contribution < -0.4 is 20.7 Å². The molecule has 1 unspecified atom stereocenters. The number of thioether (sulfide) groups is 2. The highest BCUT2D eigenvalue weighted by molar-refractivity contribution is 7.99. The number of aromatic nitrogens is 2. The van der Waals surface area contributed by atoms with Gasteiger partial charge >= 0.3 is 0 Å². The Labute approximate surface area is 237 Å². The van der Waals surface area contributed by atoms with Crippen LogP contribution in [0.2, 0.25) is 0 Å². The van der Waals surface area contributed by atoms with Gasteiger partial charge in [0.2, 0.25) is 11.9 Å². The molecule has 0 aliphatic carbocycles. The summed E-state index contributed by atoms with van der Waals surface area (Å²) in [4.78, 5) is 33.1. The van der Waals surface area contributed by atoms with Crippen molar-refractivity contribution in [3.05, 3.63) is 72.6 Å². The molecule has 0 spiro atoms. The molecule has 0 saturated carbocycles. The zero-order valence-electron chi connectivity index (χ0n) is 21.7. The van der Waals surface area contributed by atoms with Gasteiger partial charge in [0, 0.05) is 48.0 Å². The summed E-state index contributed by atoms with van der Waals surface area (Å²) in [7, 11) is -4.15. The first kappa shape index (κ1) is 30.3. The van der Waals surface area contributed by atoms with E-state index in [1.54, 1.807) is 35.7 Å². The maximum Gasteiger partial charge on any atom is 0.267 e. The van der Waals surface area contributed by atoms with Gasteiger partial charge in [0.25, 0.3) is 15.9 Å². The van der Waals surface area contributed by atoms with E-state index in [0.717, 1.165) is 40.9 Å². The predicted molar refractivity (Wildman–Crippen MR) is 158 cm³/mol. The first-order valence-corrected chi connectivity index (χ1v) is 16.0. The third-order valence-electron chi connectivity index (χ3n) is 5.34. The van der Waals surface area contributed by atoms with Gasteiger partial charge < -0.3 is 16.0 Å². The molecule has 4 N–H and O–H groups in total. The van der Waals surface area contributed by atoms with Crippen LogP contribution in [-0.2, 0) is 14.8 Å². The lowest BCUT2D eigenvalue weighted by Gasteiger charge is -2.19. The van der Waals surface area contributed by atoms with E-state index in [-0.39, 0.29) is 22.4 Å². The molecule has 10 nitrogen and oxygen atoms in total. The maximum atomic E-state index is 12.7. The normalized spacial score (nSPS) is 11.8. The van der Waals surface area contributed by atoms with Crippen molar-refractivity contribution in [3.8, 4) is 0 Å². The second-order valence-electron chi connectivity index (χ2n) is 8.40. The molecule has 1 heterocycles. The Kier molecular flexibility index (Phi) is 11.9. The first-order chi connectivity index (χ1) is 18.8. The van der Waals surface area contributed by atoms with Crippen molar-refractivity contribution < 1.29 is 18.0 Å². The highest BCUT2D eigenvalue weighted by Gasteiger charge is 2.20. The lowest BCUT2D eigenvalue weighted by atomic mass is 10.2. The number of rotatable bonds is 15. The SMILES string of the molecule is CSCCC(CNc1ccc(C(=O)NS(=O)(=O)c2cnc(NCCSc3ccccc3)nc2)cc1)NC(C)=O. The van der Waals surface area contributed by atoms with Gasteiger partial charge in [-0.15, -0.1) is 11.8 Å². The molecule has 39 heavy (non-hydrogen) atoms. The summed E-state index contributed by atoms with van der Waals surface area (Å²) < 4.78 is 27.4. The molecule has 0 aliphatic heterocycles. The van der Waals surface area contributed by atoms with Gasteiger partial charge in [0.15, 0.2) is 0 Å². The van der Waals surface area contributed by atoms with Crippen molar-refractivity contribution >= 4 is 57.0 Å². The van der Waals surface area contributed by atoms with Crippen molar-refractivity contribution in [2.75, 3.05) is 41.5 Å². The van der Waals surface area contributed by atoms with Gasteiger partial charge in [-0.3, -0.25) is 9.59 Å². The number of hydrogen-bond acceptors (Lipinski definition) is 10. The molecule has 3 rings (SSSR count). The van der Waals surface area contributed by atoms with Crippen LogP contribution in [0.3, 0.4) is 0 Å². The maximum absolute atomic E-state index is 12.7. The minimum absolute atomic E-state index is 0.0277. The summed E-state index contributed by atoms with van der Waals surface area (Å²) in [5, 5.41) is 9.20. The number of anilines is 2. The Balaban J connectivity index is 1.49. The molecule has 3 aromatic rings. The Bertz CT molecular complexity index is 1310. The van der Waals surface area contributed by atoms with E-state index in [0.29, 0.717) is 19.0 Å². The van der Waals surface area contributed by atoms with Gasteiger partial charge in [0.1, 0.15) is 4.90 Å². The van der Waals surface area contributed by atoms with E-state index in [9.17, 15) is 18.0 Å². The number of carbonyl (C=O) groups excluding carboxylic acids is 2. The van der Waals surface area contributed by atoms with Crippen LogP contribution in [0.4, 0.5) is 11.6 Å². The van der Waals surface area contributed by atoms with Crippen LogP contribution in [0.25, 0.3) is 0 Å². The first-order valence-electron chi connectivity index (χ1n) is 12.2. The zero-order valence-corrected chi connectivity index (χ0v) is 24.2. The van der Waals surface area contributed by atoms with E-state index in [1.165, 1.54) is 19.1 Å². The number of carbonyl (C=O) groups is 2. The lowest BCUT2D eigenvalue weighted by Crippen LogP contribution is -2.38. The standard InChI is InChI=1S/C26H32N6O4S3/c1-19(33)31-22(12-14-37-2)16-28-21-10-8-20(9-11-21)25(34)32-39(35,36)24-17-29-26(30-18-24)27-13-15-38-23-6-4-3-5-7-23/h3-11,17-18,22,28H,12-16H2,1-2H3,(H,31,33)(H,32,34)(H,27,29,30). The summed E-state index contributed by atoms with van der Waals surface area (Å²) in [5.74, 6) is 1.14.